The molecule has 0 unspecified atom stereocenters. The molecular weight excluding hydrogens is 733 g/mol. The van der Waals surface area contributed by atoms with E-state index in [0.29, 0.717) is 0 Å². The largest absolute Gasteiger partial charge is 0.329 e. The maximum atomic E-state index is 11.4. The Balaban J connectivity index is 1.21. The fraction of sp³-hybridized carbons (Fsp3) is 0. The predicted octanol–water partition coefficient (Wildman–Crippen LogP) is 14.3. The summed E-state index contributed by atoms with van der Waals surface area (Å²) in [6, 6.07) is 54.7. The van der Waals surface area contributed by atoms with Crippen molar-refractivity contribution < 1.29 is 0 Å². The number of hydrogen-bond donors (Lipinski definition) is 0. The van der Waals surface area contributed by atoms with Gasteiger partial charge in [-0.25, -0.2) is 9.69 Å². The smallest absolute Gasteiger partial charge is 0.219 e. The summed E-state index contributed by atoms with van der Waals surface area (Å²) in [4.78, 5) is 8.28. The number of nitriles is 2. The van der Waals surface area contributed by atoms with Crippen molar-refractivity contribution >= 4 is 76.5 Å². The van der Waals surface area contributed by atoms with E-state index in [9.17, 15) is 10.5 Å². The lowest BCUT2D eigenvalue weighted by Gasteiger charge is -2.20. The third-order valence-corrected chi connectivity index (χ3v) is 12.9. The van der Waals surface area contributed by atoms with Gasteiger partial charge in [-0.3, -0.25) is 0 Å². The van der Waals surface area contributed by atoms with Crippen LogP contribution >= 0.6 is 0 Å². The van der Waals surface area contributed by atoms with Crippen LogP contribution in [-0.2, 0) is 0 Å². The Morgan fingerprint density at radius 2 is 0.733 bits per heavy atom. The molecule has 2 heterocycles. The number of aromatic nitrogens is 2. The molecule has 11 aromatic rings. The van der Waals surface area contributed by atoms with Gasteiger partial charge in [0.05, 0.1) is 69.9 Å². The fourth-order valence-corrected chi connectivity index (χ4v) is 10.7. The van der Waals surface area contributed by atoms with Crippen molar-refractivity contribution in [3.8, 4) is 68.0 Å². The summed E-state index contributed by atoms with van der Waals surface area (Å²) < 4.78 is 3.91. The molecule has 6 nitrogen and oxygen atoms in total. The molecule has 9 aromatic carbocycles. The quantitative estimate of drug-likeness (QED) is 0.165. The van der Waals surface area contributed by atoms with Gasteiger partial charge in [0.15, 0.2) is 0 Å². The minimum absolute atomic E-state index is 0.0229. The van der Waals surface area contributed by atoms with E-state index in [4.69, 9.17) is 13.1 Å². The van der Waals surface area contributed by atoms with Crippen LogP contribution in [0.25, 0.3) is 131 Å². The van der Waals surface area contributed by atoms with Gasteiger partial charge in [0, 0.05) is 21.5 Å². The number of fused-ring (bicyclic) bond motifs is 14. The van der Waals surface area contributed by atoms with Gasteiger partial charge >= 0.3 is 0 Å². The second-order valence-corrected chi connectivity index (χ2v) is 15.5. The lowest BCUT2D eigenvalue weighted by molar-refractivity contribution is 1.14. The molecule has 270 valence electrons. The second-order valence-electron chi connectivity index (χ2n) is 15.5. The van der Waals surface area contributed by atoms with Gasteiger partial charge in [0.25, 0.3) is 0 Å². The van der Waals surface area contributed by atoms with Crippen LogP contribution in [-0.4, -0.2) is 9.13 Å². The number of benzene rings is 9. The maximum absolute atomic E-state index is 11.4. The first kappa shape index (κ1) is 32.2. The highest BCUT2D eigenvalue weighted by Crippen LogP contribution is 2.55. The highest BCUT2D eigenvalue weighted by atomic mass is 15.1. The molecule has 0 amide bonds. The van der Waals surface area contributed by atoms with E-state index in [1.807, 2.05) is 57.7 Å². The molecule has 0 bridgehead atoms. The standard InChI is InChI=1S/C54H24N6/c1-57-51-41(27-55)53(59-43-23-9-7-17-35(43)49-37-21-11-19-33-29-13-3-5-15-31(29)39(47(33)37)25-45(49)59)42(28-56)52(58-2)54(51)60-44-24-10-8-18-36(44)50-38-22-12-20-34-30-14-4-6-16-32(30)40(48(34)38)26-46(50)60/h3-26H. The van der Waals surface area contributed by atoms with Gasteiger partial charge in [-0.15, -0.1) is 0 Å². The summed E-state index contributed by atoms with van der Waals surface area (Å²) in [7, 11) is 0. The Kier molecular flexibility index (Phi) is 6.08. The highest BCUT2D eigenvalue weighted by molar-refractivity contribution is 6.31. The second kappa shape index (κ2) is 11.3. The molecule has 60 heavy (non-hydrogen) atoms. The van der Waals surface area contributed by atoms with Crippen molar-refractivity contribution in [1.29, 1.82) is 10.5 Å². The van der Waals surface area contributed by atoms with E-state index in [1.165, 1.54) is 11.1 Å². The third-order valence-electron chi connectivity index (χ3n) is 12.9. The van der Waals surface area contributed by atoms with E-state index in [2.05, 4.69) is 119 Å². The van der Waals surface area contributed by atoms with Crippen molar-refractivity contribution in [2.45, 2.75) is 0 Å². The minimum Gasteiger partial charge on any atom is -0.329 e. The average molecular weight is 757 g/mol. The molecule has 0 fully saturated rings. The SMILES string of the molecule is [C-]#[N+]c1c(C#N)c(-n2c3ccccc3c3c4cccc5c4c(cc32)-c2ccccc2-5)c(C#N)c([N+]#[C-])c1-n1c2ccccc2c2c3cccc4c3c(cc21)-c1ccccc1-4. The average Bonchev–Trinajstić information content (AvgIpc) is 4.02. The van der Waals surface area contributed by atoms with Gasteiger partial charge in [-0.1, -0.05) is 121 Å². The van der Waals surface area contributed by atoms with Crippen LogP contribution in [0, 0.1) is 35.8 Å². The molecule has 2 aromatic heterocycles. The van der Waals surface area contributed by atoms with Gasteiger partial charge in [-0.05, 0) is 90.3 Å². The van der Waals surface area contributed by atoms with Crippen molar-refractivity contribution in [1.82, 2.24) is 9.13 Å². The van der Waals surface area contributed by atoms with Crippen molar-refractivity contribution in [3.63, 3.8) is 0 Å². The molecule has 0 saturated heterocycles. The first-order valence-corrected chi connectivity index (χ1v) is 19.6. The van der Waals surface area contributed by atoms with Crippen LogP contribution in [0.15, 0.2) is 146 Å². The molecule has 0 saturated carbocycles. The van der Waals surface area contributed by atoms with Gasteiger partial charge in [0.2, 0.25) is 11.4 Å². The summed E-state index contributed by atoms with van der Waals surface area (Å²) in [5.74, 6) is 0. The Morgan fingerprint density at radius 3 is 1.17 bits per heavy atom. The molecule has 13 rings (SSSR count). The lowest BCUT2D eigenvalue weighted by atomic mass is 9.97. The number of nitrogens with zero attached hydrogens (tertiary/aromatic N) is 6. The van der Waals surface area contributed by atoms with Crippen LogP contribution in [0.2, 0.25) is 0 Å². The molecule has 6 heteroatoms. The highest BCUT2D eigenvalue weighted by Gasteiger charge is 2.33. The summed E-state index contributed by atoms with van der Waals surface area (Å²) >= 11 is 0. The predicted molar refractivity (Wildman–Crippen MR) is 241 cm³/mol. The normalized spacial score (nSPS) is 11.9. The fourth-order valence-electron chi connectivity index (χ4n) is 10.7. The Hall–Kier alpha value is -8.94. The first-order valence-electron chi connectivity index (χ1n) is 19.6. The van der Waals surface area contributed by atoms with E-state index >= 15 is 0 Å². The Morgan fingerprint density at radius 1 is 0.367 bits per heavy atom. The molecule has 0 radical (unpaired) electrons. The van der Waals surface area contributed by atoms with Crippen LogP contribution in [0.3, 0.4) is 0 Å². The Labute approximate surface area is 342 Å². The monoisotopic (exact) mass is 756 g/mol. The van der Waals surface area contributed by atoms with Gasteiger partial charge in [0.1, 0.15) is 0 Å². The van der Waals surface area contributed by atoms with Crippen molar-refractivity contribution in [2.24, 2.45) is 0 Å². The summed E-state index contributed by atoms with van der Waals surface area (Å²) in [5.41, 5.74) is 12.7. The molecule has 2 aliphatic carbocycles. The van der Waals surface area contributed by atoms with Gasteiger partial charge < -0.3 is 9.13 Å². The van der Waals surface area contributed by atoms with E-state index in [1.54, 1.807) is 0 Å². The van der Waals surface area contributed by atoms with Crippen molar-refractivity contribution in [3.05, 3.63) is 180 Å². The van der Waals surface area contributed by atoms with Gasteiger partial charge in [-0.2, -0.15) is 10.5 Å². The maximum Gasteiger partial charge on any atom is 0.219 e. The lowest BCUT2D eigenvalue weighted by Crippen LogP contribution is -2.06. The molecule has 0 N–H and O–H groups in total. The number of para-hydroxylation sites is 2. The third kappa shape index (κ3) is 3.70. The van der Waals surface area contributed by atoms with E-state index in [-0.39, 0.29) is 33.9 Å². The molecule has 2 aliphatic rings. The van der Waals surface area contributed by atoms with Crippen molar-refractivity contribution in [2.75, 3.05) is 0 Å². The zero-order valence-corrected chi connectivity index (χ0v) is 31.5. The Bertz CT molecular complexity index is 3740. The molecule has 0 spiro atoms. The first-order chi connectivity index (χ1) is 29.7. The van der Waals surface area contributed by atoms with Crippen LogP contribution in [0.1, 0.15) is 11.1 Å². The molecular formula is C54H24N6. The van der Waals surface area contributed by atoms with Crippen LogP contribution in [0.4, 0.5) is 11.4 Å². The summed E-state index contributed by atoms with van der Waals surface area (Å²) in [6.45, 7) is 17.7. The van der Waals surface area contributed by atoms with Crippen LogP contribution < -0.4 is 0 Å². The topological polar surface area (TPSA) is 66.2 Å². The summed E-state index contributed by atoms with van der Waals surface area (Å²) in [6.07, 6.45) is 0. The molecule has 0 atom stereocenters. The molecule has 0 aliphatic heterocycles. The zero-order valence-electron chi connectivity index (χ0n) is 31.5. The van der Waals surface area contributed by atoms with E-state index in [0.717, 1.165) is 98.5 Å². The van der Waals surface area contributed by atoms with Crippen LogP contribution in [0.5, 0.6) is 0 Å². The summed E-state index contributed by atoms with van der Waals surface area (Å²) in [5, 5.41) is 31.0. The minimum atomic E-state index is 0.0229. The zero-order chi connectivity index (χ0) is 40.0. The van der Waals surface area contributed by atoms with E-state index < -0.39 is 0 Å². The number of hydrogen-bond acceptors (Lipinski definition) is 2. The number of rotatable bonds is 2.